The predicted octanol–water partition coefficient (Wildman–Crippen LogP) is 1.56. The molecule has 1 atom stereocenters. The van der Waals surface area contributed by atoms with Gasteiger partial charge >= 0.3 is 0 Å². The van der Waals surface area contributed by atoms with Crippen molar-refractivity contribution in [1.29, 1.82) is 0 Å². The predicted molar refractivity (Wildman–Crippen MR) is 43.4 cm³/mol. The number of carbonyl (C=O) groups is 1. The summed E-state index contributed by atoms with van der Waals surface area (Å²) in [6.45, 7) is 5.00. The van der Waals surface area contributed by atoms with Crippen LogP contribution in [-0.2, 0) is 9.53 Å². The number of rotatable bonds is 3. The quantitative estimate of drug-likeness (QED) is 0.455. The summed E-state index contributed by atoms with van der Waals surface area (Å²) in [5.41, 5.74) is -0.250. The number of hydrogen-bond acceptors (Lipinski definition) is 2. The molecule has 0 spiro atoms. The second-order valence-electron chi connectivity index (χ2n) is 3.13. The summed E-state index contributed by atoms with van der Waals surface area (Å²) in [5.74, 6) is 0. The van der Waals surface area contributed by atoms with Gasteiger partial charge in [-0.1, -0.05) is 6.08 Å². The molecule has 1 saturated heterocycles. The van der Waals surface area contributed by atoms with Crippen LogP contribution >= 0.6 is 0 Å². The molecule has 1 rings (SSSR count). The molecular formula is C9H14O2. The van der Waals surface area contributed by atoms with Crippen LogP contribution in [0, 0.1) is 5.41 Å². The Morgan fingerprint density at radius 2 is 2.45 bits per heavy atom. The number of aldehydes is 1. The van der Waals surface area contributed by atoms with E-state index >= 15 is 0 Å². The smallest absolute Gasteiger partial charge is 0.128 e. The van der Waals surface area contributed by atoms with Crippen molar-refractivity contribution < 1.29 is 9.53 Å². The molecule has 0 N–H and O–H groups in total. The average molecular weight is 154 g/mol. The minimum atomic E-state index is -0.250. The van der Waals surface area contributed by atoms with Crippen LogP contribution in [0.5, 0.6) is 0 Å². The average Bonchev–Trinajstić information content (AvgIpc) is 2.07. The van der Waals surface area contributed by atoms with Gasteiger partial charge in [-0.2, -0.15) is 0 Å². The van der Waals surface area contributed by atoms with E-state index in [-0.39, 0.29) is 5.41 Å². The first-order valence-corrected chi connectivity index (χ1v) is 3.98. The van der Waals surface area contributed by atoms with Gasteiger partial charge in [0.05, 0.1) is 12.0 Å². The molecule has 1 unspecified atom stereocenters. The molecule has 0 aliphatic carbocycles. The van der Waals surface area contributed by atoms with E-state index in [0.717, 1.165) is 32.2 Å². The third-order valence-corrected chi connectivity index (χ3v) is 2.15. The zero-order chi connectivity index (χ0) is 8.16. The number of hydrogen-bond donors (Lipinski definition) is 0. The molecule has 1 heterocycles. The van der Waals surface area contributed by atoms with Gasteiger partial charge in [-0.05, 0) is 19.3 Å². The highest BCUT2D eigenvalue weighted by molar-refractivity contribution is 5.60. The molecule has 0 aromatic heterocycles. The minimum absolute atomic E-state index is 0.250. The first-order chi connectivity index (χ1) is 5.33. The molecule has 62 valence electrons. The van der Waals surface area contributed by atoms with Crippen molar-refractivity contribution in [1.82, 2.24) is 0 Å². The second-order valence-corrected chi connectivity index (χ2v) is 3.13. The van der Waals surface area contributed by atoms with Gasteiger partial charge in [0, 0.05) is 6.61 Å². The zero-order valence-electron chi connectivity index (χ0n) is 6.71. The molecule has 0 amide bonds. The number of carbonyl (C=O) groups excluding carboxylic acids is 1. The Morgan fingerprint density at radius 3 is 2.91 bits per heavy atom. The molecule has 2 nitrogen and oxygen atoms in total. The van der Waals surface area contributed by atoms with Crippen LogP contribution in [0.15, 0.2) is 12.7 Å². The monoisotopic (exact) mass is 154 g/mol. The van der Waals surface area contributed by atoms with Gasteiger partial charge in [0.15, 0.2) is 0 Å². The fourth-order valence-electron chi connectivity index (χ4n) is 1.46. The molecule has 0 bridgehead atoms. The summed E-state index contributed by atoms with van der Waals surface area (Å²) >= 11 is 0. The summed E-state index contributed by atoms with van der Waals surface area (Å²) < 4.78 is 5.25. The van der Waals surface area contributed by atoms with Crippen molar-refractivity contribution in [2.24, 2.45) is 5.41 Å². The highest BCUT2D eigenvalue weighted by Gasteiger charge is 2.30. The minimum Gasteiger partial charge on any atom is -0.380 e. The molecule has 0 aromatic rings. The normalized spacial score (nSPS) is 31.3. The van der Waals surface area contributed by atoms with Crippen LogP contribution in [0.25, 0.3) is 0 Å². The molecule has 1 aliphatic rings. The topological polar surface area (TPSA) is 26.3 Å². The van der Waals surface area contributed by atoms with Crippen LogP contribution in [0.2, 0.25) is 0 Å². The van der Waals surface area contributed by atoms with E-state index in [1.165, 1.54) is 0 Å². The molecule has 0 aromatic carbocycles. The van der Waals surface area contributed by atoms with E-state index in [1.54, 1.807) is 6.08 Å². The maximum atomic E-state index is 10.7. The summed E-state index contributed by atoms with van der Waals surface area (Å²) in [5, 5.41) is 0. The van der Waals surface area contributed by atoms with Crippen LogP contribution in [0.4, 0.5) is 0 Å². The lowest BCUT2D eigenvalue weighted by Crippen LogP contribution is -2.32. The molecule has 0 saturated carbocycles. The van der Waals surface area contributed by atoms with Gasteiger partial charge in [-0.15, -0.1) is 6.58 Å². The van der Waals surface area contributed by atoms with E-state index in [9.17, 15) is 4.79 Å². The van der Waals surface area contributed by atoms with Crippen molar-refractivity contribution >= 4 is 6.29 Å². The molecular weight excluding hydrogens is 140 g/mol. The molecule has 1 aliphatic heterocycles. The zero-order valence-corrected chi connectivity index (χ0v) is 6.71. The van der Waals surface area contributed by atoms with Gasteiger partial charge in [0.1, 0.15) is 6.29 Å². The van der Waals surface area contributed by atoms with E-state index in [0.29, 0.717) is 6.61 Å². The summed E-state index contributed by atoms with van der Waals surface area (Å²) in [6, 6.07) is 0. The van der Waals surface area contributed by atoms with Gasteiger partial charge in [-0.25, -0.2) is 0 Å². The van der Waals surface area contributed by atoms with Gasteiger partial charge in [0.2, 0.25) is 0 Å². The maximum absolute atomic E-state index is 10.7. The first kappa shape index (κ1) is 8.47. The van der Waals surface area contributed by atoms with Crippen molar-refractivity contribution in [3.63, 3.8) is 0 Å². The lowest BCUT2D eigenvalue weighted by atomic mass is 9.81. The van der Waals surface area contributed by atoms with Crippen molar-refractivity contribution in [3.8, 4) is 0 Å². The third-order valence-electron chi connectivity index (χ3n) is 2.15. The Bertz CT molecular complexity index is 146. The number of allylic oxidation sites excluding steroid dienone is 1. The Hall–Kier alpha value is -0.630. The molecule has 1 fully saturated rings. The van der Waals surface area contributed by atoms with Crippen LogP contribution < -0.4 is 0 Å². The van der Waals surface area contributed by atoms with Gasteiger partial charge < -0.3 is 9.53 Å². The summed E-state index contributed by atoms with van der Waals surface area (Å²) in [7, 11) is 0. The molecule has 2 heteroatoms. The Kier molecular flexibility index (Phi) is 2.83. The Balaban J connectivity index is 2.56. The Labute approximate surface area is 67.2 Å². The highest BCUT2D eigenvalue weighted by Crippen LogP contribution is 2.29. The third kappa shape index (κ3) is 1.90. The van der Waals surface area contributed by atoms with E-state index in [1.807, 2.05) is 0 Å². The van der Waals surface area contributed by atoms with Crippen molar-refractivity contribution in [2.45, 2.75) is 19.3 Å². The lowest BCUT2D eigenvalue weighted by molar-refractivity contribution is -0.123. The highest BCUT2D eigenvalue weighted by atomic mass is 16.5. The first-order valence-electron chi connectivity index (χ1n) is 3.98. The van der Waals surface area contributed by atoms with E-state index < -0.39 is 0 Å². The largest absolute Gasteiger partial charge is 0.380 e. The van der Waals surface area contributed by atoms with E-state index in [2.05, 4.69) is 6.58 Å². The SMILES string of the molecule is C=CCC1(C=O)CCCOC1. The fourth-order valence-corrected chi connectivity index (χ4v) is 1.46. The van der Waals surface area contributed by atoms with Crippen LogP contribution in [0.1, 0.15) is 19.3 Å². The lowest BCUT2D eigenvalue weighted by Gasteiger charge is -2.30. The maximum Gasteiger partial charge on any atom is 0.128 e. The van der Waals surface area contributed by atoms with Gasteiger partial charge in [-0.3, -0.25) is 0 Å². The van der Waals surface area contributed by atoms with Crippen molar-refractivity contribution in [3.05, 3.63) is 12.7 Å². The van der Waals surface area contributed by atoms with Crippen LogP contribution in [-0.4, -0.2) is 19.5 Å². The Morgan fingerprint density at radius 1 is 1.64 bits per heavy atom. The summed E-state index contributed by atoms with van der Waals surface area (Å²) in [4.78, 5) is 10.7. The number of ether oxygens (including phenoxy) is 1. The van der Waals surface area contributed by atoms with Crippen LogP contribution in [0.3, 0.4) is 0 Å². The van der Waals surface area contributed by atoms with Crippen molar-refractivity contribution in [2.75, 3.05) is 13.2 Å². The molecule has 11 heavy (non-hydrogen) atoms. The second kappa shape index (κ2) is 3.67. The van der Waals surface area contributed by atoms with Gasteiger partial charge in [0.25, 0.3) is 0 Å². The summed E-state index contributed by atoms with van der Waals surface area (Å²) in [6.07, 6.45) is 5.50. The van der Waals surface area contributed by atoms with E-state index in [4.69, 9.17) is 4.74 Å². The fraction of sp³-hybridized carbons (Fsp3) is 0.667. The molecule has 0 radical (unpaired) electrons. The standard InChI is InChI=1S/C9H14O2/c1-2-4-9(7-10)5-3-6-11-8-9/h2,7H,1,3-6,8H2.